The number of rotatable bonds is 4. The fourth-order valence-corrected chi connectivity index (χ4v) is 1.98. The summed E-state index contributed by atoms with van der Waals surface area (Å²) in [6.07, 6.45) is 5.99. The van der Waals surface area contributed by atoms with Crippen LogP contribution in [0.5, 0.6) is 0 Å². The molecule has 0 unspecified atom stereocenters. The quantitative estimate of drug-likeness (QED) is 0.617. The zero-order chi connectivity index (χ0) is 11.4. The Balaban J connectivity index is 2.23. The molecule has 1 aromatic rings. The largest absolute Gasteiger partial charge is 0.369 e. The Bertz CT molecular complexity index is 443. The summed E-state index contributed by atoms with van der Waals surface area (Å²) >= 11 is 0. The molecule has 1 heterocycles. The highest BCUT2D eigenvalue weighted by Gasteiger charge is 2.15. The number of aromatic nitrogens is 1. The average Bonchev–Trinajstić information content (AvgIpc) is 2.75. The average molecular weight is 213 g/mol. The zero-order valence-electron chi connectivity index (χ0n) is 9.29. The second-order valence-electron chi connectivity index (χ2n) is 3.96. The van der Waals surface area contributed by atoms with Crippen LogP contribution in [0.1, 0.15) is 29.7 Å². The molecule has 82 valence electrons. The lowest BCUT2D eigenvalue weighted by Gasteiger charge is -2.08. The predicted molar refractivity (Wildman–Crippen MR) is 64.3 cm³/mol. The Morgan fingerprint density at radius 3 is 3.19 bits per heavy atom. The summed E-state index contributed by atoms with van der Waals surface area (Å²) in [5.41, 5.74) is 3.05. The number of nitriles is 1. The first-order valence-corrected chi connectivity index (χ1v) is 5.63. The third-order valence-corrected chi connectivity index (χ3v) is 2.81. The van der Waals surface area contributed by atoms with Crippen molar-refractivity contribution >= 4 is 5.82 Å². The molecular formula is C13H15N3. The monoisotopic (exact) mass is 213 g/mol. The van der Waals surface area contributed by atoms with E-state index in [4.69, 9.17) is 5.26 Å². The Kier molecular flexibility index (Phi) is 3.21. The number of nitrogens with one attached hydrogen (secondary N) is 1. The minimum atomic E-state index is 0.657. The van der Waals surface area contributed by atoms with Crippen molar-refractivity contribution in [2.45, 2.75) is 25.7 Å². The summed E-state index contributed by atoms with van der Waals surface area (Å²) in [7, 11) is 0. The lowest BCUT2D eigenvalue weighted by atomic mass is 10.1. The van der Waals surface area contributed by atoms with Gasteiger partial charge < -0.3 is 5.32 Å². The molecule has 1 aromatic heterocycles. The van der Waals surface area contributed by atoms with Gasteiger partial charge in [0, 0.05) is 12.2 Å². The van der Waals surface area contributed by atoms with Crippen molar-refractivity contribution in [3.8, 4) is 6.07 Å². The van der Waals surface area contributed by atoms with Gasteiger partial charge in [-0.3, -0.25) is 0 Å². The second kappa shape index (κ2) is 4.80. The smallest absolute Gasteiger partial charge is 0.144 e. The van der Waals surface area contributed by atoms with Crippen LogP contribution in [0, 0.1) is 11.3 Å². The van der Waals surface area contributed by atoms with Crippen molar-refractivity contribution in [2.75, 3.05) is 11.9 Å². The molecule has 0 amide bonds. The summed E-state index contributed by atoms with van der Waals surface area (Å²) in [5.74, 6) is 0.727. The number of anilines is 1. The first-order chi connectivity index (χ1) is 7.85. The van der Waals surface area contributed by atoms with Crippen LogP contribution in [0.3, 0.4) is 0 Å². The van der Waals surface area contributed by atoms with E-state index in [1.807, 2.05) is 12.1 Å². The SMILES string of the molecule is C=CCCNc1nc2c(cc1C#N)CCC2. The summed E-state index contributed by atoms with van der Waals surface area (Å²) in [4.78, 5) is 4.53. The van der Waals surface area contributed by atoms with E-state index >= 15 is 0 Å². The van der Waals surface area contributed by atoms with Crippen LogP contribution < -0.4 is 5.32 Å². The van der Waals surface area contributed by atoms with E-state index in [-0.39, 0.29) is 0 Å². The molecule has 0 bridgehead atoms. The van der Waals surface area contributed by atoms with Gasteiger partial charge in [-0.1, -0.05) is 6.08 Å². The van der Waals surface area contributed by atoms with Crippen LogP contribution in [0.25, 0.3) is 0 Å². The van der Waals surface area contributed by atoms with Crippen LogP contribution in [0.15, 0.2) is 18.7 Å². The van der Waals surface area contributed by atoms with E-state index in [1.165, 1.54) is 5.56 Å². The third kappa shape index (κ3) is 2.06. The Morgan fingerprint density at radius 2 is 2.44 bits per heavy atom. The first kappa shape index (κ1) is 10.7. The number of hydrogen-bond acceptors (Lipinski definition) is 3. The van der Waals surface area contributed by atoms with E-state index in [2.05, 4.69) is 22.9 Å². The Hall–Kier alpha value is -1.82. The molecule has 0 spiro atoms. The highest BCUT2D eigenvalue weighted by molar-refractivity contribution is 5.55. The molecule has 3 nitrogen and oxygen atoms in total. The molecule has 0 aliphatic heterocycles. The van der Waals surface area contributed by atoms with Gasteiger partial charge in [0.05, 0.1) is 5.56 Å². The molecule has 0 radical (unpaired) electrons. The van der Waals surface area contributed by atoms with Crippen LogP contribution in [-0.4, -0.2) is 11.5 Å². The molecule has 16 heavy (non-hydrogen) atoms. The van der Waals surface area contributed by atoms with Crippen LogP contribution in [0.4, 0.5) is 5.82 Å². The van der Waals surface area contributed by atoms with Gasteiger partial charge in [0.1, 0.15) is 11.9 Å². The Morgan fingerprint density at radius 1 is 1.56 bits per heavy atom. The maximum absolute atomic E-state index is 9.06. The first-order valence-electron chi connectivity index (χ1n) is 5.63. The molecule has 2 rings (SSSR count). The van der Waals surface area contributed by atoms with Gasteiger partial charge in [0.25, 0.3) is 0 Å². The van der Waals surface area contributed by atoms with Crippen LogP contribution >= 0.6 is 0 Å². The van der Waals surface area contributed by atoms with Gasteiger partial charge in [-0.05, 0) is 37.3 Å². The van der Waals surface area contributed by atoms with Crippen molar-refractivity contribution in [1.82, 2.24) is 4.98 Å². The van der Waals surface area contributed by atoms with Crippen molar-refractivity contribution in [2.24, 2.45) is 0 Å². The molecule has 1 N–H and O–H groups in total. The number of pyridine rings is 1. The number of nitrogens with zero attached hydrogens (tertiary/aromatic N) is 2. The van der Waals surface area contributed by atoms with Gasteiger partial charge >= 0.3 is 0 Å². The number of aryl methyl sites for hydroxylation is 2. The fraction of sp³-hybridized carbons (Fsp3) is 0.385. The van der Waals surface area contributed by atoms with Crippen molar-refractivity contribution in [1.29, 1.82) is 5.26 Å². The topological polar surface area (TPSA) is 48.7 Å². The van der Waals surface area contributed by atoms with Gasteiger partial charge in [0.2, 0.25) is 0 Å². The molecule has 0 aromatic carbocycles. The minimum absolute atomic E-state index is 0.657. The van der Waals surface area contributed by atoms with Crippen molar-refractivity contribution < 1.29 is 0 Å². The third-order valence-electron chi connectivity index (χ3n) is 2.81. The molecule has 1 aliphatic carbocycles. The van der Waals surface area contributed by atoms with Gasteiger partial charge in [-0.15, -0.1) is 6.58 Å². The maximum Gasteiger partial charge on any atom is 0.144 e. The Labute approximate surface area is 95.8 Å². The van der Waals surface area contributed by atoms with Crippen LogP contribution in [0.2, 0.25) is 0 Å². The number of hydrogen-bond donors (Lipinski definition) is 1. The molecule has 0 atom stereocenters. The summed E-state index contributed by atoms with van der Waals surface area (Å²) in [6, 6.07) is 4.18. The number of fused-ring (bicyclic) bond motifs is 1. The highest BCUT2D eigenvalue weighted by Crippen LogP contribution is 2.24. The van der Waals surface area contributed by atoms with E-state index < -0.39 is 0 Å². The lowest BCUT2D eigenvalue weighted by Crippen LogP contribution is -2.06. The summed E-state index contributed by atoms with van der Waals surface area (Å²) in [6.45, 7) is 4.45. The normalized spacial score (nSPS) is 12.9. The van der Waals surface area contributed by atoms with Gasteiger partial charge in [-0.25, -0.2) is 4.98 Å². The molecule has 3 heteroatoms. The van der Waals surface area contributed by atoms with E-state index in [0.717, 1.165) is 43.7 Å². The summed E-state index contributed by atoms with van der Waals surface area (Å²) in [5, 5.41) is 12.2. The standard InChI is InChI=1S/C13H15N3/c1-2-3-7-15-13-11(9-14)8-10-5-4-6-12(10)16-13/h2,8H,1,3-7H2,(H,15,16). The molecule has 0 saturated heterocycles. The molecule has 0 fully saturated rings. The van der Waals surface area contributed by atoms with Gasteiger partial charge in [-0.2, -0.15) is 5.26 Å². The van der Waals surface area contributed by atoms with Crippen molar-refractivity contribution in [3.63, 3.8) is 0 Å². The molecule has 0 saturated carbocycles. The molecule has 1 aliphatic rings. The minimum Gasteiger partial charge on any atom is -0.369 e. The zero-order valence-corrected chi connectivity index (χ0v) is 9.29. The maximum atomic E-state index is 9.06. The van der Waals surface area contributed by atoms with E-state index in [9.17, 15) is 0 Å². The van der Waals surface area contributed by atoms with E-state index in [0.29, 0.717) is 5.56 Å². The molecular weight excluding hydrogens is 198 g/mol. The highest BCUT2D eigenvalue weighted by atomic mass is 15.0. The summed E-state index contributed by atoms with van der Waals surface area (Å²) < 4.78 is 0. The second-order valence-corrected chi connectivity index (χ2v) is 3.96. The van der Waals surface area contributed by atoms with Crippen LogP contribution in [-0.2, 0) is 12.8 Å². The van der Waals surface area contributed by atoms with Crippen molar-refractivity contribution in [3.05, 3.63) is 35.5 Å². The van der Waals surface area contributed by atoms with Gasteiger partial charge in [0.15, 0.2) is 0 Å². The lowest BCUT2D eigenvalue weighted by molar-refractivity contribution is 0.899. The predicted octanol–water partition coefficient (Wildman–Crippen LogP) is 2.43. The fourth-order valence-electron chi connectivity index (χ4n) is 1.98. The van der Waals surface area contributed by atoms with E-state index in [1.54, 1.807) is 0 Å².